The van der Waals surface area contributed by atoms with Crippen LogP contribution in [0.4, 0.5) is 17.1 Å². The highest BCUT2D eigenvalue weighted by Gasteiger charge is 2.20. The van der Waals surface area contributed by atoms with Crippen molar-refractivity contribution in [2.45, 2.75) is 0 Å². The van der Waals surface area contributed by atoms with Crippen LogP contribution < -0.4 is 4.90 Å². The molecular formula is C48H32N2O. The van der Waals surface area contributed by atoms with Crippen molar-refractivity contribution in [3.05, 3.63) is 194 Å². The summed E-state index contributed by atoms with van der Waals surface area (Å²) in [6, 6.07) is 69.2. The minimum atomic E-state index is 0.884. The summed E-state index contributed by atoms with van der Waals surface area (Å²) >= 11 is 0. The quantitative estimate of drug-likeness (QED) is 0.178. The fourth-order valence-corrected chi connectivity index (χ4v) is 7.61. The minimum Gasteiger partial charge on any atom is -0.456 e. The molecule has 0 N–H and O–H groups in total. The van der Waals surface area contributed by atoms with E-state index >= 15 is 0 Å². The molecule has 240 valence electrons. The fourth-order valence-electron chi connectivity index (χ4n) is 7.61. The van der Waals surface area contributed by atoms with Crippen LogP contribution >= 0.6 is 0 Å². The van der Waals surface area contributed by atoms with E-state index in [0.717, 1.165) is 55.7 Å². The zero-order chi connectivity index (χ0) is 33.7. The number of fused-ring (bicyclic) bond motifs is 6. The van der Waals surface area contributed by atoms with Crippen LogP contribution in [-0.2, 0) is 0 Å². The molecule has 0 amide bonds. The van der Waals surface area contributed by atoms with Crippen LogP contribution in [0.25, 0.3) is 71.7 Å². The largest absolute Gasteiger partial charge is 0.456 e. The van der Waals surface area contributed by atoms with Gasteiger partial charge in [-0.25, -0.2) is 0 Å². The third kappa shape index (κ3) is 4.90. The summed E-state index contributed by atoms with van der Waals surface area (Å²) in [6.45, 7) is 0. The van der Waals surface area contributed by atoms with Gasteiger partial charge in [0.25, 0.3) is 0 Å². The molecule has 0 aliphatic heterocycles. The van der Waals surface area contributed by atoms with Gasteiger partial charge in [0.1, 0.15) is 11.2 Å². The highest BCUT2D eigenvalue weighted by molar-refractivity contribution is 6.15. The second-order valence-electron chi connectivity index (χ2n) is 13.0. The van der Waals surface area contributed by atoms with Crippen LogP contribution in [-0.4, -0.2) is 4.57 Å². The number of furan rings is 1. The predicted molar refractivity (Wildman–Crippen MR) is 214 cm³/mol. The summed E-state index contributed by atoms with van der Waals surface area (Å²) in [5, 5.41) is 4.66. The van der Waals surface area contributed by atoms with Crippen LogP contribution in [0.2, 0.25) is 0 Å². The average Bonchev–Trinajstić information content (AvgIpc) is 3.75. The highest BCUT2D eigenvalue weighted by Crippen LogP contribution is 2.42. The SMILES string of the molecule is c1ccc(-c2ccc(N(c3ccc(-c4ccccc4)cc3)c3ccc4c5ccccc5n(-c5cccc6oc7ccccc7c56)c4c3)cc2)cc1. The molecule has 3 heteroatoms. The second kappa shape index (κ2) is 11.9. The Morgan fingerprint density at radius 1 is 0.353 bits per heavy atom. The van der Waals surface area contributed by atoms with Gasteiger partial charge in [0.05, 0.1) is 22.1 Å². The van der Waals surface area contributed by atoms with E-state index in [1.807, 2.05) is 12.1 Å². The van der Waals surface area contributed by atoms with E-state index in [-0.39, 0.29) is 0 Å². The van der Waals surface area contributed by atoms with Crippen molar-refractivity contribution in [1.82, 2.24) is 4.57 Å². The van der Waals surface area contributed by atoms with E-state index in [1.54, 1.807) is 0 Å². The summed E-state index contributed by atoms with van der Waals surface area (Å²) in [4.78, 5) is 2.36. The van der Waals surface area contributed by atoms with Crippen molar-refractivity contribution >= 4 is 60.8 Å². The van der Waals surface area contributed by atoms with Crippen molar-refractivity contribution in [3.63, 3.8) is 0 Å². The van der Waals surface area contributed by atoms with E-state index in [2.05, 4.69) is 191 Å². The predicted octanol–water partition coefficient (Wildman–Crippen LogP) is 13.5. The van der Waals surface area contributed by atoms with E-state index in [9.17, 15) is 0 Å². The molecule has 0 aliphatic carbocycles. The standard InChI is InChI=1S/C48H32N2O/c1-3-12-33(13-4-1)35-22-26-37(27-23-35)49(38-28-24-36(25-29-38)34-14-5-2-6-15-34)39-30-31-41-40-16-7-9-18-43(40)50(45(41)32-39)44-19-11-21-47-48(44)42-17-8-10-20-46(42)51-47/h1-32H. The van der Waals surface area contributed by atoms with Gasteiger partial charge in [-0.15, -0.1) is 0 Å². The Morgan fingerprint density at radius 3 is 1.53 bits per heavy atom. The molecule has 2 aromatic heterocycles. The molecule has 0 saturated carbocycles. The maximum atomic E-state index is 6.35. The molecule has 0 saturated heterocycles. The molecule has 0 aliphatic rings. The molecular weight excluding hydrogens is 621 g/mol. The summed E-state index contributed by atoms with van der Waals surface area (Å²) in [5.41, 5.74) is 13.2. The molecule has 10 aromatic rings. The summed E-state index contributed by atoms with van der Waals surface area (Å²) < 4.78 is 8.76. The first-order valence-corrected chi connectivity index (χ1v) is 17.4. The molecule has 0 fully saturated rings. The normalized spacial score (nSPS) is 11.5. The molecule has 0 radical (unpaired) electrons. The number of benzene rings is 8. The van der Waals surface area contributed by atoms with Gasteiger partial charge in [-0.3, -0.25) is 0 Å². The molecule has 51 heavy (non-hydrogen) atoms. The Labute approximate surface area is 295 Å². The summed E-state index contributed by atoms with van der Waals surface area (Å²) in [6.07, 6.45) is 0. The van der Waals surface area contributed by atoms with Crippen molar-refractivity contribution in [2.24, 2.45) is 0 Å². The van der Waals surface area contributed by atoms with Crippen molar-refractivity contribution in [2.75, 3.05) is 4.90 Å². The monoisotopic (exact) mass is 652 g/mol. The summed E-state index contributed by atoms with van der Waals surface area (Å²) in [5.74, 6) is 0. The van der Waals surface area contributed by atoms with Crippen LogP contribution in [0.3, 0.4) is 0 Å². The van der Waals surface area contributed by atoms with Gasteiger partial charge < -0.3 is 13.9 Å². The van der Waals surface area contributed by atoms with Crippen LogP contribution in [0.1, 0.15) is 0 Å². The average molecular weight is 653 g/mol. The van der Waals surface area contributed by atoms with Crippen molar-refractivity contribution in [1.29, 1.82) is 0 Å². The van der Waals surface area contributed by atoms with Crippen LogP contribution in [0.5, 0.6) is 0 Å². The smallest absolute Gasteiger partial charge is 0.137 e. The Morgan fingerprint density at radius 2 is 0.863 bits per heavy atom. The number of rotatable bonds is 6. The van der Waals surface area contributed by atoms with Crippen LogP contribution in [0, 0.1) is 0 Å². The Kier molecular flexibility index (Phi) is 6.81. The van der Waals surface area contributed by atoms with Gasteiger partial charge in [-0.1, -0.05) is 133 Å². The van der Waals surface area contributed by atoms with Crippen molar-refractivity contribution < 1.29 is 4.42 Å². The lowest BCUT2D eigenvalue weighted by atomic mass is 10.0. The lowest BCUT2D eigenvalue weighted by Crippen LogP contribution is -2.10. The topological polar surface area (TPSA) is 21.3 Å². The lowest BCUT2D eigenvalue weighted by molar-refractivity contribution is 0.669. The Bertz CT molecular complexity index is 2750. The molecule has 0 atom stereocenters. The maximum Gasteiger partial charge on any atom is 0.137 e. The van der Waals surface area contributed by atoms with Crippen LogP contribution in [0.15, 0.2) is 199 Å². The third-order valence-corrected chi connectivity index (χ3v) is 10.0. The van der Waals surface area contributed by atoms with Gasteiger partial charge in [-0.05, 0) is 82.9 Å². The van der Waals surface area contributed by atoms with Gasteiger partial charge in [-0.2, -0.15) is 0 Å². The van der Waals surface area contributed by atoms with Gasteiger partial charge >= 0.3 is 0 Å². The zero-order valence-corrected chi connectivity index (χ0v) is 27.8. The van der Waals surface area contributed by atoms with E-state index in [1.165, 1.54) is 33.0 Å². The first-order valence-electron chi connectivity index (χ1n) is 17.4. The first kappa shape index (κ1) is 29.1. The fraction of sp³-hybridized carbons (Fsp3) is 0. The van der Waals surface area contributed by atoms with Gasteiger partial charge in [0.15, 0.2) is 0 Å². The third-order valence-electron chi connectivity index (χ3n) is 10.0. The lowest BCUT2D eigenvalue weighted by Gasteiger charge is -2.26. The molecule has 0 spiro atoms. The van der Waals surface area contributed by atoms with E-state index in [4.69, 9.17) is 4.42 Å². The molecule has 0 bridgehead atoms. The van der Waals surface area contributed by atoms with E-state index < -0.39 is 0 Å². The highest BCUT2D eigenvalue weighted by atomic mass is 16.3. The maximum absolute atomic E-state index is 6.35. The number of aromatic nitrogens is 1. The summed E-state index contributed by atoms with van der Waals surface area (Å²) in [7, 11) is 0. The zero-order valence-electron chi connectivity index (χ0n) is 27.8. The molecule has 3 nitrogen and oxygen atoms in total. The van der Waals surface area contributed by atoms with Crippen molar-refractivity contribution in [3.8, 4) is 27.9 Å². The molecule has 0 unspecified atom stereocenters. The number of hydrogen-bond acceptors (Lipinski definition) is 2. The molecule has 10 rings (SSSR count). The van der Waals surface area contributed by atoms with Gasteiger partial charge in [0.2, 0.25) is 0 Å². The minimum absolute atomic E-state index is 0.884. The Balaban J connectivity index is 1.19. The van der Waals surface area contributed by atoms with Gasteiger partial charge in [0, 0.05) is 33.2 Å². The Hall–Kier alpha value is -6.84. The number of hydrogen-bond donors (Lipinski definition) is 0. The van der Waals surface area contributed by atoms with E-state index in [0.29, 0.717) is 0 Å². The number of anilines is 3. The first-order chi connectivity index (χ1) is 25.3. The number of nitrogens with zero attached hydrogens (tertiary/aromatic N) is 2. The number of para-hydroxylation sites is 2. The molecule has 8 aromatic carbocycles. The second-order valence-corrected chi connectivity index (χ2v) is 13.0. The molecule has 2 heterocycles.